The first kappa shape index (κ1) is 13.9. The topological polar surface area (TPSA) is 12.0 Å². The van der Waals surface area contributed by atoms with Gasteiger partial charge in [-0.3, -0.25) is 0 Å². The minimum atomic E-state index is -0.692. The third-order valence-corrected chi connectivity index (χ3v) is 3.20. The molecule has 19 heavy (non-hydrogen) atoms. The number of halogens is 4. The third-order valence-electron chi connectivity index (χ3n) is 2.80. The van der Waals surface area contributed by atoms with Crippen LogP contribution < -0.4 is 5.32 Å². The average Bonchev–Trinajstić information content (AvgIpc) is 2.34. The second-order valence-corrected chi connectivity index (χ2v) is 4.45. The molecule has 1 atom stereocenters. The lowest BCUT2D eigenvalue weighted by Crippen LogP contribution is -2.18. The quantitative estimate of drug-likeness (QED) is 0.896. The summed E-state index contributed by atoms with van der Waals surface area (Å²) in [6.45, 7) is 0. The summed E-state index contributed by atoms with van der Waals surface area (Å²) in [5, 5.41) is 2.81. The van der Waals surface area contributed by atoms with Crippen molar-refractivity contribution in [3.05, 3.63) is 70.0 Å². The van der Waals surface area contributed by atoms with E-state index in [9.17, 15) is 13.2 Å². The second kappa shape index (κ2) is 5.63. The molecule has 0 aromatic heterocycles. The van der Waals surface area contributed by atoms with E-state index in [1.54, 1.807) is 13.1 Å². The van der Waals surface area contributed by atoms with Gasteiger partial charge in [0.1, 0.15) is 17.5 Å². The molecular weight excluding hydrogens is 275 g/mol. The standard InChI is InChI=1S/C14H11ClF3N/c1-19-14(8-5-9(16)7-10(17)6-8)11-3-2-4-12(18)13(11)15/h2-7,14,19H,1H3. The van der Waals surface area contributed by atoms with E-state index in [0.717, 1.165) is 6.07 Å². The molecule has 2 aromatic carbocycles. The van der Waals surface area contributed by atoms with Crippen LogP contribution >= 0.6 is 11.6 Å². The Labute approximate surface area is 114 Å². The van der Waals surface area contributed by atoms with Crippen molar-refractivity contribution >= 4 is 11.6 Å². The van der Waals surface area contributed by atoms with E-state index in [-0.39, 0.29) is 5.02 Å². The van der Waals surface area contributed by atoms with Crippen molar-refractivity contribution in [2.45, 2.75) is 6.04 Å². The molecule has 1 N–H and O–H groups in total. The molecule has 0 aliphatic rings. The summed E-state index contributed by atoms with van der Waals surface area (Å²) in [4.78, 5) is 0. The van der Waals surface area contributed by atoms with Gasteiger partial charge in [0.15, 0.2) is 0 Å². The fourth-order valence-corrected chi connectivity index (χ4v) is 2.22. The third kappa shape index (κ3) is 2.91. The van der Waals surface area contributed by atoms with E-state index in [1.165, 1.54) is 24.3 Å². The van der Waals surface area contributed by atoms with Gasteiger partial charge in [-0.15, -0.1) is 0 Å². The molecule has 5 heteroatoms. The molecule has 0 aliphatic heterocycles. The number of hydrogen-bond acceptors (Lipinski definition) is 1. The summed E-state index contributed by atoms with van der Waals surface area (Å²) in [6.07, 6.45) is 0. The van der Waals surface area contributed by atoms with Crippen LogP contribution in [0.15, 0.2) is 36.4 Å². The van der Waals surface area contributed by atoms with Gasteiger partial charge in [-0.2, -0.15) is 0 Å². The molecule has 0 saturated heterocycles. The molecular formula is C14H11ClF3N. The van der Waals surface area contributed by atoms with Crippen LogP contribution in [0, 0.1) is 17.5 Å². The van der Waals surface area contributed by atoms with Crippen LogP contribution in [0.1, 0.15) is 17.2 Å². The van der Waals surface area contributed by atoms with E-state index >= 15 is 0 Å². The zero-order valence-electron chi connectivity index (χ0n) is 10.1. The summed E-state index contributed by atoms with van der Waals surface area (Å²) in [7, 11) is 1.61. The largest absolute Gasteiger partial charge is 0.309 e. The van der Waals surface area contributed by atoms with Crippen LogP contribution in [-0.2, 0) is 0 Å². The number of hydrogen-bond donors (Lipinski definition) is 1. The second-order valence-electron chi connectivity index (χ2n) is 4.07. The van der Waals surface area contributed by atoms with Crippen molar-refractivity contribution in [1.82, 2.24) is 5.32 Å². The Morgan fingerprint density at radius 3 is 2.26 bits per heavy atom. The Morgan fingerprint density at radius 1 is 1.05 bits per heavy atom. The smallest absolute Gasteiger partial charge is 0.142 e. The van der Waals surface area contributed by atoms with E-state index in [2.05, 4.69) is 5.32 Å². The molecule has 1 nitrogen and oxygen atoms in total. The maximum atomic E-state index is 13.4. The normalized spacial score (nSPS) is 12.5. The lowest BCUT2D eigenvalue weighted by molar-refractivity contribution is 0.570. The molecule has 0 spiro atoms. The lowest BCUT2D eigenvalue weighted by atomic mass is 9.98. The fraction of sp³-hybridized carbons (Fsp3) is 0.143. The van der Waals surface area contributed by atoms with Crippen LogP contribution in [0.25, 0.3) is 0 Å². The van der Waals surface area contributed by atoms with Crippen LogP contribution in [0.2, 0.25) is 5.02 Å². The molecule has 2 aromatic rings. The van der Waals surface area contributed by atoms with Crippen molar-refractivity contribution in [1.29, 1.82) is 0 Å². The molecule has 0 aliphatic carbocycles. The van der Waals surface area contributed by atoms with Crippen LogP contribution in [0.4, 0.5) is 13.2 Å². The first-order valence-corrected chi connectivity index (χ1v) is 5.98. The average molecular weight is 286 g/mol. The van der Waals surface area contributed by atoms with Gasteiger partial charge in [0.2, 0.25) is 0 Å². The molecule has 0 amide bonds. The first-order chi connectivity index (χ1) is 9.02. The summed E-state index contributed by atoms with van der Waals surface area (Å²) >= 11 is 5.89. The minimum absolute atomic E-state index is 0.0634. The number of nitrogens with one attached hydrogen (secondary N) is 1. The molecule has 0 heterocycles. The highest BCUT2D eigenvalue weighted by atomic mass is 35.5. The maximum Gasteiger partial charge on any atom is 0.142 e. The van der Waals surface area contributed by atoms with Gasteiger partial charge in [-0.05, 0) is 36.4 Å². The first-order valence-electron chi connectivity index (χ1n) is 5.60. The highest BCUT2D eigenvalue weighted by molar-refractivity contribution is 6.31. The van der Waals surface area contributed by atoms with E-state index in [0.29, 0.717) is 11.1 Å². The lowest BCUT2D eigenvalue weighted by Gasteiger charge is -2.19. The molecule has 0 bridgehead atoms. The van der Waals surface area contributed by atoms with Crippen LogP contribution in [0.3, 0.4) is 0 Å². The molecule has 0 radical (unpaired) electrons. The minimum Gasteiger partial charge on any atom is -0.309 e. The number of benzene rings is 2. The molecule has 1 unspecified atom stereocenters. The van der Waals surface area contributed by atoms with Crippen molar-refractivity contribution in [3.8, 4) is 0 Å². The Morgan fingerprint density at radius 2 is 1.68 bits per heavy atom. The van der Waals surface area contributed by atoms with E-state index < -0.39 is 23.5 Å². The van der Waals surface area contributed by atoms with Gasteiger partial charge in [0.25, 0.3) is 0 Å². The van der Waals surface area contributed by atoms with Crippen molar-refractivity contribution in [3.63, 3.8) is 0 Å². The van der Waals surface area contributed by atoms with Gasteiger partial charge in [-0.25, -0.2) is 13.2 Å². The molecule has 2 rings (SSSR count). The highest BCUT2D eigenvalue weighted by Crippen LogP contribution is 2.30. The predicted molar refractivity (Wildman–Crippen MR) is 68.7 cm³/mol. The summed E-state index contributed by atoms with van der Waals surface area (Å²) in [5.41, 5.74) is 0.765. The Bertz CT molecular complexity index is 581. The van der Waals surface area contributed by atoms with Gasteiger partial charge in [0, 0.05) is 6.07 Å². The van der Waals surface area contributed by atoms with Crippen molar-refractivity contribution in [2.24, 2.45) is 0 Å². The fourth-order valence-electron chi connectivity index (χ4n) is 1.99. The van der Waals surface area contributed by atoms with Gasteiger partial charge in [-0.1, -0.05) is 23.7 Å². The Balaban J connectivity index is 2.53. The van der Waals surface area contributed by atoms with Gasteiger partial charge in [0.05, 0.1) is 11.1 Å². The summed E-state index contributed by atoms with van der Waals surface area (Å²) in [6, 6.07) is 6.89. The van der Waals surface area contributed by atoms with Crippen LogP contribution in [0.5, 0.6) is 0 Å². The highest BCUT2D eigenvalue weighted by Gasteiger charge is 2.18. The zero-order chi connectivity index (χ0) is 14.0. The van der Waals surface area contributed by atoms with Crippen molar-refractivity contribution < 1.29 is 13.2 Å². The van der Waals surface area contributed by atoms with E-state index in [4.69, 9.17) is 11.6 Å². The molecule has 0 fully saturated rings. The molecule has 0 saturated carbocycles. The van der Waals surface area contributed by atoms with E-state index in [1.807, 2.05) is 0 Å². The van der Waals surface area contributed by atoms with Gasteiger partial charge < -0.3 is 5.32 Å². The van der Waals surface area contributed by atoms with Crippen LogP contribution in [-0.4, -0.2) is 7.05 Å². The number of rotatable bonds is 3. The van der Waals surface area contributed by atoms with Crippen molar-refractivity contribution in [2.75, 3.05) is 7.05 Å². The maximum absolute atomic E-state index is 13.4. The molecule has 100 valence electrons. The monoisotopic (exact) mass is 285 g/mol. The SMILES string of the molecule is CNC(c1cc(F)cc(F)c1)c1cccc(F)c1Cl. The van der Waals surface area contributed by atoms with Gasteiger partial charge >= 0.3 is 0 Å². The predicted octanol–water partition coefficient (Wildman–Crippen LogP) is 4.07. The summed E-state index contributed by atoms with van der Waals surface area (Å²) < 4.78 is 39.9. The zero-order valence-corrected chi connectivity index (χ0v) is 10.8. The Kier molecular flexibility index (Phi) is 4.12. The Hall–Kier alpha value is -1.52. The summed E-state index contributed by atoms with van der Waals surface area (Å²) in [5.74, 6) is -1.96.